The predicted octanol–water partition coefficient (Wildman–Crippen LogP) is 3.48. The van der Waals surface area contributed by atoms with Crippen molar-refractivity contribution in [3.05, 3.63) is 47.9 Å². The zero-order valence-corrected chi connectivity index (χ0v) is 11.2. The third-order valence-electron chi connectivity index (χ3n) is 2.33. The van der Waals surface area contributed by atoms with Gasteiger partial charge >= 0.3 is 0 Å². The van der Waals surface area contributed by atoms with Gasteiger partial charge in [0, 0.05) is 23.3 Å². The molecule has 2 rings (SSSR count). The average Bonchev–Trinajstić information content (AvgIpc) is 2.40. The molecule has 0 aliphatic rings. The van der Waals surface area contributed by atoms with E-state index in [0.29, 0.717) is 16.5 Å². The van der Waals surface area contributed by atoms with Gasteiger partial charge in [0.1, 0.15) is 17.5 Å². The van der Waals surface area contributed by atoms with E-state index in [0.717, 1.165) is 18.3 Å². The van der Waals surface area contributed by atoms with E-state index in [1.54, 1.807) is 12.4 Å². The maximum Gasteiger partial charge on any atom is 0.144 e. The van der Waals surface area contributed by atoms with Crippen molar-refractivity contribution in [3.8, 4) is 0 Å². The van der Waals surface area contributed by atoms with Gasteiger partial charge in [-0.15, -0.1) is 11.8 Å². The average molecular weight is 281 g/mol. The third-order valence-corrected chi connectivity index (χ3v) is 3.41. The van der Waals surface area contributed by atoms with Crippen LogP contribution in [0.25, 0.3) is 0 Å². The third kappa shape index (κ3) is 3.89. The molecule has 6 heteroatoms. The number of thioether (sulfide) groups is 1. The Morgan fingerprint density at radius 1 is 1.21 bits per heavy atom. The van der Waals surface area contributed by atoms with E-state index in [1.807, 2.05) is 6.92 Å². The minimum absolute atomic E-state index is 0.402. The van der Waals surface area contributed by atoms with Crippen molar-refractivity contribution in [3.63, 3.8) is 0 Å². The standard InChI is InChI=1S/C13H13F2N3S/c1-2-16-13-7-17-10(6-18-13)8-19-12-4-3-9(14)5-11(12)15/h3-7H,2,8H2,1H3,(H,16,18). The molecule has 0 atom stereocenters. The second-order valence-corrected chi connectivity index (χ2v) is 4.80. The van der Waals surface area contributed by atoms with Crippen LogP contribution in [0.3, 0.4) is 0 Å². The largest absolute Gasteiger partial charge is 0.369 e. The lowest BCUT2D eigenvalue weighted by atomic mass is 10.3. The van der Waals surface area contributed by atoms with Gasteiger partial charge in [-0.1, -0.05) is 0 Å². The number of anilines is 1. The summed E-state index contributed by atoms with van der Waals surface area (Å²) in [6.45, 7) is 2.76. The van der Waals surface area contributed by atoms with Crippen LogP contribution in [-0.4, -0.2) is 16.5 Å². The Morgan fingerprint density at radius 3 is 2.68 bits per heavy atom. The van der Waals surface area contributed by atoms with Crippen molar-refractivity contribution in [2.45, 2.75) is 17.6 Å². The van der Waals surface area contributed by atoms with Crippen molar-refractivity contribution < 1.29 is 8.78 Å². The predicted molar refractivity (Wildman–Crippen MR) is 72.1 cm³/mol. The van der Waals surface area contributed by atoms with E-state index >= 15 is 0 Å². The Morgan fingerprint density at radius 2 is 2.05 bits per heavy atom. The Labute approximate surface area is 114 Å². The van der Waals surface area contributed by atoms with Crippen molar-refractivity contribution in [2.75, 3.05) is 11.9 Å². The fourth-order valence-electron chi connectivity index (χ4n) is 1.45. The lowest BCUT2D eigenvalue weighted by Crippen LogP contribution is -2.00. The molecule has 0 bridgehead atoms. The normalized spacial score (nSPS) is 10.5. The second-order valence-electron chi connectivity index (χ2n) is 3.79. The summed E-state index contributed by atoms with van der Waals surface area (Å²) in [4.78, 5) is 8.80. The molecule has 1 heterocycles. The first-order valence-electron chi connectivity index (χ1n) is 5.81. The molecule has 0 aliphatic heterocycles. The summed E-state index contributed by atoms with van der Waals surface area (Å²) in [6, 6.07) is 3.55. The first kappa shape index (κ1) is 13.7. The summed E-state index contributed by atoms with van der Waals surface area (Å²) in [5.74, 6) is 0.0742. The summed E-state index contributed by atoms with van der Waals surface area (Å²) in [5.41, 5.74) is 0.746. The van der Waals surface area contributed by atoms with Gasteiger partial charge in [0.25, 0.3) is 0 Å². The Hall–Kier alpha value is -1.69. The lowest BCUT2D eigenvalue weighted by molar-refractivity contribution is 0.565. The van der Waals surface area contributed by atoms with Gasteiger partial charge in [0.15, 0.2) is 0 Å². The highest BCUT2D eigenvalue weighted by Gasteiger charge is 2.05. The highest BCUT2D eigenvalue weighted by molar-refractivity contribution is 7.98. The molecule has 2 aromatic rings. The molecular formula is C13H13F2N3S. The van der Waals surface area contributed by atoms with Crippen LogP contribution in [0.1, 0.15) is 12.6 Å². The van der Waals surface area contributed by atoms with E-state index in [2.05, 4.69) is 15.3 Å². The SMILES string of the molecule is CCNc1cnc(CSc2ccc(F)cc2F)cn1. The number of benzene rings is 1. The number of nitrogens with one attached hydrogen (secondary N) is 1. The number of halogens is 2. The number of hydrogen-bond acceptors (Lipinski definition) is 4. The number of hydrogen-bond donors (Lipinski definition) is 1. The first-order valence-corrected chi connectivity index (χ1v) is 6.80. The van der Waals surface area contributed by atoms with Crippen LogP contribution in [-0.2, 0) is 5.75 Å². The molecule has 0 spiro atoms. The molecule has 0 saturated carbocycles. The van der Waals surface area contributed by atoms with Crippen molar-refractivity contribution in [1.82, 2.24) is 9.97 Å². The fourth-order valence-corrected chi connectivity index (χ4v) is 2.26. The summed E-state index contributed by atoms with van der Waals surface area (Å²) in [6.07, 6.45) is 3.28. The minimum Gasteiger partial charge on any atom is -0.369 e. The number of aromatic nitrogens is 2. The van der Waals surface area contributed by atoms with E-state index in [4.69, 9.17) is 0 Å². The molecule has 0 fully saturated rings. The molecule has 1 N–H and O–H groups in total. The molecule has 3 nitrogen and oxygen atoms in total. The van der Waals surface area contributed by atoms with Crippen LogP contribution in [0.4, 0.5) is 14.6 Å². The summed E-state index contributed by atoms with van der Waals surface area (Å²) < 4.78 is 26.2. The van der Waals surface area contributed by atoms with Crippen molar-refractivity contribution in [2.24, 2.45) is 0 Å². The highest BCUT2D eigenvalue weighted by atomic mass is 32.2. The molecule has 0 saturated heterocycles. The minimum atomic E-state index is -0.573. The molecule has 1 aromatic heterocycles. The molecule has 1 aromatic carbocycles. The maximum atomic E-state index is 13.4. The zero-order valence-electron chi connectivity index (χ0n) is 10.4. The summed E-state index contributed by atoms with van der Waals surface area (Å²) in [7, 11) is 0. The van der Waals surface area contributed by atoms with Gasteiger partial charge in [-0.2, -0.15) is 0 Å². The fraction of sp³-hybridized carbons (Fsp3) is 0.231. The van der Waals surface area contributed by atoms with Crippen LogP contribution in [0.2, 0.25) is 0 Å². The van der Waals surface area contributed by atoms with Crippen LogP contribution >= 0.6 is 11.8 Å². The van der Waals surface area contributed by atoms with Gasteiger partial charge in [0.2, 0.25) is 0 Å². The topological polar surface area (TPSA) is 37.8 Å². The zero-order chi connectivity index (χ0) is 13.7. The summed E-state index contributed by atoms with van der Waals surface area (Å²) >= 11 is 1.26. The monoisotopic (exact) mass is 281 g/mol. The number of rotatable bonds is 5. The smallest absolute Gasteiger partial charge is 0.144 e. The van der Waals surface area contributed by atoms with Gasteiger partial charge in [-0.05, 0) is 19.1 Å². The van der Waals surface area contributed by atoms with Crippen LogP contribution in [0.15, 0.2) is 35.5 Å². The maximum absolute atomic E-state index is 13.4. The quantitative estimate of drug-likeness (QED) is 0.851. The van der Waals surface area contributed by atoms with Crippen LogP contribution in [0.5, 0.6) is 0 Å². The Kier molecular flexibility index (Phi) is 4.68. The molecule has 0 unspecified atom stereocenters. The number of nitrogens with zero attached hydrogens (tertiary/aromatic N) is 2. The van der Waals surface area contributed by atoms with Crippen molar-refractivity contribution in [1.29, 1.82) is 0 Å². The van der Waals surface area contributed by atoms with Gasteiger partial charge in [0.05, 0.1) is 18.1 Å². The molecule has 0 radical (unpaired) electrons. The van der Waals surface area contributed by atoms with Gasteiger partial charge in [-0.25, -0.2) is 13.8 Å². The Bertz CT molecular complexity index is 546. The molecule has 0 aliphatic carbocycles. The van der Waals surface area contributed by atoms with Crippen LogP contribution < -0.4 is 5.32 Å². The molecule has 0 amide bonds. The molecule has 100 valence electrons. The van der Waals surface area contributed by atoms with Gasteiger partial charge < -0.3 is 5.32 Å². The van der Waals surface area contributed by atoms with E-state index in [-0.39, 0.29) is 0 Å². The van der Waals surface area contributed by atoms with E-state index in [1.165, 1.54) is 23.9 Å². The van der Waals surface area contributed by atoms with E-state index in [9.17, 15) is 8.78 Å². The van der Waals surface area contributed by atoms with E-state index < -0.39 is 11.6 Å². The lowest BCUT2D eigenvalue weighted by Gasteiger charge is -2.04. The molecular weight excluding hydrogens is 268 g/mol. The second kappa shape index (κ2) is 6.47. The van der Waals surface area contributed by atoms with Crippen molar-refractivity contribution >= 4 is 17.6 Å². The molecule has 19 heavy (non-hydrogen) atoms. The summed E-state index contributed by atoms with van der Waals surface area (Å²) in [5, 5.41) is 3.04. The van der Waals surface area contributed by atoms with Gasteiger partial charge in [-0.3, -0.25) is 4.98 Å². The highest BCUT2D eigenvalue weighted by Crippen LogP contribution is 2.25. The Balaban J connectivity index is 1.98. The first-order chi connectivity index (χ1) is 9.19. The van der Waals surface area contributed by atoms with Crippen LogP contribution in [0, 0.1) is 11.6 Å².